The quantitative estimate of drug-likeness (QED) is 0.826. The van der Waals surface area contributed by atoms with Crippen molar-refractivity contribution in [3.63, 3.8) is 0 Å². The molecule has 0 aromatic carbocycles. The van der Waals surface area contributed by atoms with E-state index in [4.69, 9.17) is 5.73 Å². The van der Waals surface area contributed by atoms with Crippen LogP contribution in [0.1, 0.15) is 28.1 Å². The lowest BCUT2D eigenvalue weighted by Crippen LogP contribution is -2.32. The lowest BCUT2D eigenvalue weighted by atomic mass is 10.1. The molecule has 0 fully saturated rings. The number of rotatable bonds is 2. The highest BCUT2D eigenvalue weighted by molar-refractivity contribution is 7.21. The highest BCUT2D eigenvalue weighted by Crippen LogP contribution is 2.34. The van der Waals surface area contributed by atoms with Gasteiger partial charge in [0.1, 0.15) is 9.71 Å². The number of carbonyl (C=O) groups is 1. The summed E-state index contributed by atoms with van der Waals surface area (Å²) in [5.74, 6) is -0.0893. The molecule has 98 valence electrons. The van der Waals surface area contributed by atoms with Crippen LogP contribution in [0.3, 0.4) is 0 Å². The van der Waals surface area contributed by atoms with Crippen molar-refractivity contribution in [3.8, 4) is 0 Å². The molecule has 0 saturated heterocycles. The number of nitrogens with one attached hydrogen (secondary N) is 1. The van der Waals surface area contributed by atoms with E-state index in [1.165, 1.54) is 11.3 Å². The molecule has 3 rings (SSSR count). The highest BCUT2D eigenvalue weighted by atomic mass is 32.1. The topological polar surface area (TPSA) is 68.0 Å². The van der Waals surface area contributed by atoms with E-state index in [1.807, 2.05) is 13.0 Å². The van der Waals surface area contributed by atoms with Crippen LogP contribution in [-0.4, -0.2) is 16.9 Å². The summed E-state index contributed by atoms with van der Waals surface area (Å²) in [6.07, 6.45) is 7.72. The molecular weight excluding hydrogens is 258 g/mol. The number of aromatic nitrogens is 1. The van der Waals surface area contributed by atoms with E-state index in [-0.39, 0.29) is 11.9 Å². The maximum absolute atomic E-state index is 12.3. The van der Waals surface area contributed by atoms with Crippen LogP contribution in [0.2, 0.25) is 0 Å². The maximum atomic E-state index is 12.3. The summed E-state index contributed by atoms with van der Waals surface area (Å²) >= 11 is 1.36. The van der Waals surface area contributed by atoms with Crippen molar-refractivity contribution in [1.29, 1.82) is 0 Å². The van der Waals surface area contributed by atoms with Crippen molar-refractivity contribution in [2.75, 3.05) is 5.73 Å². The molecular formula is C14H15N3OS. The van der Waals surface area contributed by atoms with Gasteiger partial charge in [-0.2, -0.15) is 0 Å². The van der Waals surface area contributed by atoms with E-state index in [2.05, 4.69) is 22.5 Å². The zero-order valence-corrected chi connectivity index (χ0v) is 11.5. The Bertz CT molecular complexity index is 667. The van der Waals surface area contributed by atoms with Crippen molar-refractivity contribution in [1.82, 2.24) is 10.3 Å². The Morgan fingerprint density at radius 1 is 1.47 bits per heavy atom. The van der Waals surface area contributed by atoms with Crippen molar-refractivity contribution in [3.05, 3.63) is 34.9 Å². The zero-order chi connectivity index (χ0) is 13.4. The third-order valence-corrected chi connectivity index (χ3v) is 4.50. The molecule has 2 aromatic rings. The number of carbonyl (C=O) groups excluding carboxylic acids is 1. The fourth-order valence-corrected chi connectivity index (χ4v) is 3.40. The predicted octanol–water partition coefficient (Wildman–Crippen LogP) is 2.64. The highest BCUT2D eigenvalue weighted by Gasteiger charge is 2.21. The van der Waals surface area contributed by atoms with Gasteiger partial charge < -0.3 is 11.1 Å². The standard InChI is InChI=1S/C14H15N3OS/c1-8-6-7-16-14-10(8)11(15)12(19-14)13(18)17-9-4-2-3-5-9/h2-3,6-7,9H,4-5,15H2,1H3,(H,17,18). The normalized spacial score (nSPS) is 15.2. The second-order valence-corrected chi connectivity index (χ2v) is 5.77. The number of nitrogen functional groups attached to an aromatic ring is 1. The second kappa shape index (κ2) is 4.66. The number of hydrogen-bond acceptors (Lipinski definition) is 4. The van der Waals surface area contributed by atoms with Crippen LogP contribution in [0.25, 0.3) is 10.2 Å². The third-order valence-electron chi connectivity index (χ3n) is 3.39. The molecule has 1 aliphatic carbocycles. The summed E-state index contributed by atoms with van der Waals surface area (Å²) in [7, 11) is 0. The predicted molar refractivity (Wildman–Crippen MR) is 78.4 cm³/mol. The minimum Gasteiger partial charge on any atom is -0.397 e. The first-order valence-electron chi connectivity index (χ1n) is 6.26. The summed E-state index contributed by atoms with van der Waals surface area (Å²) < 4.78 is 0. The summed E-state index contributed by atoms with van der Waals surface area (Å²) in [6, 6.07) is 2.11. The van der Waals surface area contributed by atoms with Crippen LogP contribution in [0.15, 0.2) is 24.4 Å². The average molecular weight is 273 g/mol. The van der Waals surface area contributed by atoms with Crippen molar-refractivity contribution < 1.29 is 4.79 Å². The van der Waals surface area contributed by atoms with Crippen LogP contribution in [0.4, 0.5) is 5.69 Å². The molecule has 0 saturated carbocycles. The van der Waals surface area contributed by atoms with Gasteiger partial charge in [-0.3, -0.25) is 4.79 Å². The van der Waals surface area contributed by atoms with E-state index in [9.17, 15) is 4.79 Å². The average Bonchev–Trinajstić information content (AvgIpc) is 2.98. The van der Waals surface area contributed by atoms with Crippen LogP contribution in [-0.2, 0) is 0 Å². The van der Waals surface area contributed by atoms with Gasteiger partial charge >= 0.3 is 0 Å². The van der Waals surface area contributed by atoms with Crippen LogP contribution in [0, 0.1) is 6.92 Å². The number of hydrogen-bond donors (Lipinski definition) is 2. The van der Waals surface area contributed by atoms with E-state index in [1.54, 1.807) is 6.20 Å². The Hall–Kier alpha value is -1.88. The number of aryl methyl sites for hydroxylation is 1. The van der Waals surface area contributed by atoms with E-state index < -0.39 is 0 Å². The van der Waals surface area contributed by atoms with Crippen LogP contribution < -0.4 is 11.1 Å². The van der Waals surface area contributed by atoms with Gasteiger partial charge in [0.25, 0.3) is 5.91 Å². The Morgan fingerprint density at radius 3 is 2.89 bits per heavy atom. The molecule has 0 atom stereocenters. The SMILES string of the molecule is Cc1ccnc2sc(C(=O)NC3CC=CC3)c(N)c12. The van der Waals surface area contributed by atoms with Gasteiger partial charge in [0.15, 0.2) is 0 Å². The monoisotopic (exact) mass is 273 g/mol. The zero-order valence-electron chi connectivity index (χ0n) is 10.6. The molecule has 19 heavy (non-hydrogen) atoms. The number of nitrogens with zero attached hydrogens (tertiary/aromatic N) is 1. The number of thiophene rings is 1. The largest absolute Gasteiger partial charge is 0.397 e. The van der Waals surface area contributed by atoms with Gasteiger partial charge in [0.05, 0.1) is 5.69 Å². The lowest BCUT2D eigenvalue weighted by Gasteiger charge is -2.11. The molecule has 0 bridgehead atoms. The molecule has 2 heterocycles. The molecule has 0 spiro atoms. The van der Waals surface area contributed by atoms with Gasteiger partial charge in [0, 0.05) is 17.6 Å². The number of pyridine rings is 1. The van der Waals surface area contributed by atoms with Gasteiger partial charge in [0.2, 0.25) is 0 Å². The first-order valence-corrected chi connectivity index (χ1v) is 7.08. The third kappa shape index (κ3) is 2.10. The first kappa shape index (κ1) is 12.2. The number of fused-ring (bicyclic) bond motifs is 1. The molecule has 0 unspecified atom stereocenters. The molecule has 5 heteroatoms. The molecule has 0 aliphatic heterocycles. The number of anilines is 1. The molecule has 4 nitrogen and oxygen atoms in total. The van der Waals surface area contributed by atoms with E-state index in [0.29, 0.717) is 10.6 Å². The number of nitrogens with two attached hydrogens (primary N) is 1. The lowest BCUT2D eigenvalue weighted by molar-refractivity contribution is 0.0944. The Morgan fingerprint density at radius 2 is 2.21 bits per heavy atom. The van der Waals surface area contributed by atoms with Crippen molar-refractivity contribution >= 4 is 33.1 Å². The Labute approximate surface area is 115 Å². The van der Waals surface area contributed by atoms with Crippen LogP contribution in [0.5, 0.6) is 0 Å². The van der Waals surface area contributed by atoms with Gasteiger partial charge in [-0.25, -0.2) is 4.98 Å². The minimum atomic E-state index is -0.0893. The fraction of sp³-hybridized carbons (Fsp3) is 0.286. The van der Waals surface area contributed by atoms with Gasteiger partial charge in [-0.15, -0.1) is 11.3 Å². The second-order valence-electron chi connectivity index (χ2n) is 4.77. The molecule has 1 aliphatic rings. The smallest absolute Gasteiger partial charge is 0.263 e. The van der Waals surface area contributed by atoms with E-state index >= 15 is 0 Å². The van der Waals surface area contributed by atoms with Gasteiger partial charge in [-0.1, -0.05) is 12.2 Å². The first-order chi connectivity index (χ1) is 9.16. The Kier molecular flexibility index (Phi) is 2.98. The van der Waals surface area contributed by atoms with E-state index in [0.717, 1.165) is 28.6 Å². The summed E-state index contributed by atoms with van der Waals surface area (Å²) in [5.41, 5.74) is 7.71. The fourth-order valence-electron chi connectivity index (χ4n) is 2.36. The molecule has 0 radical (unpaired) electrons. The molecule has 2 aromatic heterocycles. The molecule has 3 N–H and O–H groups in total. The maximum Gasteiger partial charge on any atom is 0.263 e. The van der Waals surface area contributed by atoms with Crippen molar-refractivity contribution in [2.45, 2.75) is 25.8 Å². The Balaban J connectivity index is 1.94. The summed E-state index contributed by atoms with van der Waals surface area (Å²) in [5, 5.41) is 3.92. The molecule has 1 amide bonds. The summed E-state index contributed by atoms with van der Waals surface area (Å²) in [4.78, 5) is 17.9. The number of amides is 1. The van der Waals surface area contributed by atoms with Crippen molar-refractivity contribution in [2.24, 2.45) is 0 Å². The van der Waals surface area contributed by atoms with Crippen LogP contribution >= 0.6 is 11.3 Å². The minimum absolute atomic E-state index is 0.0893. The summed E-state index contributed by atoms with van der Waals surface area (Å²) in [6.45, 7) is 1.98. The van der Waals surface area contributed by atoms with Gasteiger partial charge in [-0.05, 0) is 31.4 Å².